The van der Waals surface area contributed by atoms with E-state index in [1.54, 1.807) is 6.92 Å². The molecule has 1 unspecified atom stereocenters. The average molecular weight is 494 g/mol. The number of nitrogens with zero attached hydrogens (tertiary/aromatic N) is 2. The van der Waals surface area contributed by atoms with Gasteiger partial charge in [-0.1, -0.05) is 55.3 Å². The van der Waals surface area contributed by atoms with Gasteiger partial charge in [0, 0.05) is 25.2 Å². The second kappa shape index (κ2) is 11.6. The molecule has 0 aliphatic heterocycles. The molecule has 0 bridgehead atoms. The fourth-order valence-corrected chi connectivity index (χ4v) is 4.44. The maximum Gasteiger partial charge on any atom is 0.243 e. The molecule has 0 aliphatic rings. The van der Waals surface area contributed by atoms with E-state index in [0.29, 0.717) is 11.6 Å². The van der Waals surface area contributed by atoms with Crippen LogP contribution in [0.2, 0.25) is 5.02 Å². The Morgan fingerprint density at radius 1 is 1.06 bits per heavy atom. The van der Waals surface area contributed by atoms with Gasteiger partial charge in [0.1, 0.15) is 6.04 Å². The van der Waals surface area contributed by atoms with Crippen LogP contribution in [0.3, 0.4) is 0 Å². The molecule has 0 fully saturated rings. The lowest BCUT2D eigenvalue weighted by Crippen LogP contribution is -2.51. The van der Waals surface area contributed by atoms with Gasteiger partial charge in [-0.25, -0.2) is 8.42 Å². The molecule has 2 amide bonds. The van der Waals surface area contributed by atoms with E-state index in [2.05, 4.69) is 5.32 Å². The highest BCUT2D eigenvalue weighted by Crippen LogP contribution is 2.18. The highest BCUT2D eigenvalue weighted by atomic mass is 35.5. The van der Waals surface area contributed by atoms with Crippen LogP contribution in [-0.2, 0) is 26.2 Å². The number of halogens is 1. The molecule has 0 saturated heterocycles. The molecule has 2 aromatic carbocycles. The van der Waals surface area contributed by atoms with E-state index in [-0.39, 0.29) is 23.3 Å². The number of sulfonamides is 1. The lowest BCUT2D eigenvalue weighted by atomic mass is 10.1. The summed E-state index contributed by atoms with van der Waals surface area (Å²) in [5.41, 5.74) is 1.88. The summed E-state index contributed by atoms with van der Waals surface area (Å²) in [6.07, 6.45) is 0. The molecule has 0 aromatic heterocycles. The molecular formula is C24H32ClN3O4S. The van der Waals surface area contributed by atoms with Crippen molar-refractivity contribution in [1.29, 1.82) is 0 Å². The molecule has 0 spiro atoms. The molecule has 1 atom stereocenters. The zero-order valence-corrected chi connectivity index (χ0v) is 21.3. The predicted molar refractivity (Wildman–Crippen MR) is 130 cm³/mol. The van der Waals surface area contributed by atoms with E-state index < -0.39 is 28.5 Å². The lowest BCUT2D eigenvalue weighted by Gasteiger charge is -2.30. The molecule has 0 radical (unpaired) electrons. The van der Waals surface area contributed by atoms with Crippen molar-refractivity contribution >= 4 is 33.4 Å². The number of aryl methyl sites for hydroxylation is 1. The van der Waals surface area contributed by atoms with Crippen molar-refractivity contribution in [3.63, 3.8) is 0 Å². The number of carbonyl (C=O) groups excluding carboxylic acids is 2. The van der Waals surface area contributed by atoms with E-state index in [1.807, 2.05) is 45.0 Å². The monoisotopic (exact) mass is 493 g/mol. The maximum atomic E-state index is 13.3. The van der Waals surface area contributed by atoms with Crippen LogP contribution in [0.25, 0.3) is 0 Å². The van der Waals surface area contributed by atoms with Gasteiger partial charge in [0.15, 0.2) is 0 Å². The number of benzene rings is 2. The fourth-order valence-electron chi connectivity index (χ4n) is 3.20. The van der Waals surface area contributed by atoms with E-state index in [9.17, 15) is 18.0 Å². The van der Waals surface area contributed by atoms with Crippen LogP contribution in [0.15, 0.2) is 53.4 Å². The Hall–Kier alpha value is -2.42. The Kier molecular flexibility index (Phi) is 9.46. The molecule has 0 heterocycles. The van der Waals surface area contributed by atoms with Crippen molar-refractivity contribution in [3.8, 4) is 0 Å². The van der Waals surface area contributed by atoms with Gasteiger partial charge in [-0.05, 0) is 49.6 Å². The van der Waals surface area contributed by atoms with E-state index in [1.165, 1.54) is 36.2 Å². The van der Waals surface area contributed by atoms with Gasteiger partial charge in [0.2, 0.25) is 21.8 Å². The van der Waals surface area contributed by atoms with E-state index >= 15 is 0 Å². The Labute approximate surface area is 201 Å². The summed E-state index contributed by atoms with van der Waals surface area (Å²) in [6.45, 7) is 7.83. The Morgan fingerprint density at radius 2 is 1.70 bits per heavy atom. The highest BCUT2D eigenvalue weighted by molar-refractivity contribution is 7.89. The van der Waals surface area contributed by atoms with Gasteiger partial charge in [-0.2, -0.15) is 4.31 Å². The fraction of sp³-hybridized carbons (Fsp3) is 0.417. The first-order valence-electron chi connectivity index (χ1n) is 10.8. The molecule has 0 aliphatic carbocycles. The van der Waals surface area contributed by atoms with Gasteiger partial charge < -0.3 is 10.2 Å². The number of nitrogens with one attached hydrogen (secondary N) is 1. The molecule has 33 heavy (non-hydrogen) atoms. The van der Waals surface area contributed by atoms with Crippen molar-refractivity contribution < 1.29 is 18.0 Å². The summed E-state index contributed by atoms with van der Waals surface area (Å²) >= 11 is 5.86. The number of hydrogen-bond acceptors (Lipinski definition) is 4. The summed E-state index contributed by atoms with van der Waals surface area (Å²) in [5.74, 6) is -0.491. The molecule has 180 valence electrons. The molecule has 2 rings (SSSR count). The first-order chi connectivity index (χ1) is 15.4. The van der Waals surface area contributed by atoms with Crippen LogP contribution in [0.1, 0.15) is 31.9 Å². The Morgan fingerprint density at radius 3 is 2.27 bits per heavy atom. The summed E-state index contributed by atoms with van der Waals surface area (Å²) in [7, 11) is -2.56. The number of amides is 2. The number of carbonyl (C=O) groups is 2. The minimum absolute atomic E-state index is 0.0372. The smallest absolute Gasteiger partial charge is 0.243 e. The predicted octanol–water partition coefficient (Wildman–Crippen LogP) is 3.46. The van der Waals surface area contributed by atoms with E-state index in [4.69, 9.17) is 11.6 Å². The highest BCUT2D eigenvalue weighted by Gasteiger charge is 2.30. The van der Waals surface area contributed by atoms with Gasteiger partial charge in [0.05, 0.1) is 11.4 Å². The average Bonchev–Trinajstić information content (AvgIpc) is 2.75. The SMILES string of the molecule is Cc1cccc(CN(C(=O)CN(C)S(=O)(=O)c2ccc(Cl)cc2)C(C)C(=O)NCC(C)C)c1. The van der Waals surface area contributed by atoms with Crippen molar-refractivity contribution in [1.82, 2.24) is 14.5 Å². The van der Waals surface area contributed by atoms with Crippen LogP contribution in [-0.4, -0.2) is 55.6 Å². The van der Waals surface area contributed by atoms with Crippen molar-refractivity contribution in [2.24, 2.45) is 5.92 Å². The first kappa shape index (κ1) is 26.8. The molecule has 7 nitrogen and oxygen atoms in total. The number of likely N-dealkylation sites (N-methyl/N-ethyl adjacent to an activating group) is 1. The number of hydrogen-bond donors (Lipinski definition) is 1. The summed E-state index contributed by atoms with van der Waals surface area (Å²) in [4.78, 5) is 27.5. The third-order valence-corrected chi connectivity index (χ3v) is 7.24. The van der Waals surface area contributed by atoms with Gasteiger partial charge in [-0.15, -0.1) is 0 Å². The zero-order chi connectivity index (χ0) is 24.8. The maximum absolute atomic E-state index is 13.3. The van der Waals surface area contributed by atoms with Crippen LogP contribution in [0.5, 0.6) is 0 Å². The van der Waals surface area contributed by atoms with Gasteiger partial charge in [0.25, 0.3) is 0 Å². The Bertz CT molecular complexity index is 1070. The largest absolute Gasteiger partial charge is 0.354 e. The van der Waals surface area contributed by atoms with E-state index in [0.717, 1.165) is 15.4 Å². The van der Waals surface area contributed by atoms with Gasteiger partial charge in [-0.3, -0.25) is 9.59 Å². The Balaban J connectivity index is 2.25. The lowest BCUT2D eigenvalue weighted by molar-refractivity contribution is -0.140. The van der Waals surface area contributed by atoms with Crippen LogP contribution in [0.4, 0.5) is 0 Å². The third-order valence-electron chi connectivity index (χ3n) is 5.17. The molecular weight excluding hydrogens is 462 g/mol. The first-order valence-corrected chi connectivity index (χ1v) is 12.6. The van der Waals surface area contributed by atoms with Crippen LogP contribution >= 0.6 is 11.6 Å². The minimum Gasteiger partial charge on any atom is -0.354 e. The summed E-state index contributed by atoms with van der Waals surface area (Å²) in [6, 6.07) is 12.6. The molecule has 2 aromatic rings. The van der Waals surface area contributed by atoms with Crippen LogP contribution in [0, 0.1) is 12.8 Å². The van der Waals surface area contributed by atoms with Crippen molar-refractivity contribution in [2.45, 2.75) is 45.2 Å². The zero-order valence-electron chi connectivity index (χ0n) is 19.7. The van der Waals surface area contributed by atoms with Crippen LogP contribution < -0.4 is 5.32 Å². The minimum atomic E-state index is -3.90. The summed E-state index contributed by atoms with van der Waals surface area (Å²) in [5, 5.41) is 3.27. The second-order valence-corrected chi connectivity index (χ2v) is 11.0. The van der Waals surface area contributed by atoms with Crippen molar-refractivity contribution in [2.75, 3.05) is 20.1 Å². The topological polar surface area (TPSA) is 86.8 Å². The molecule has 9 heteroatoms. The van der Waals surface area contributed by atoms with Crippen molar-refractivity contribution in [3.05, 3.63) is 64.7 Å². The van der Waals surface area contributed by atoms with Gasteiger partial charge >= 0.3 is 0 Å². The second-order valence-electron chi connectivity index (χ2n) is 8.54. The number of rotatable bonds is 10. The summed E-state index contributed by atoms with van der Waals surface area (Å²) < 4.78 is 26.8. The molecule has 0 saturated carbocycles. The molecule has 1 N–H and O–H groups in total. The normalized spacial score (nSPS) is 12.6. The third kappa shape index (κ3) is 7.55. The quantitative estimate of drug-likeness (QED) is 0.549. The standard InChI is InChI=1S/C24H32ClN3O4S/c1-17(2)14-26-24(30)19(4)28(15-20-8-6-7-18(3)13-20)23(29)16-27(5)33(31,32)22-11-9-21(25)10-12-22/h6-13,17,19H,14-16H2,1-5H3,(H,26,30).